The van der Waals surface area contributed by atoms with Gasteiger partial charge in [-0.2, -0.15) is 0 Å². The number of carbonyl (C=O) groups excluding carboxylic acids is 1. The summed E-state index contributed by atoms with van der Waals surface area (Å²) in [6.07, 6.45) is 0. The Morgan fingerprint density at radius 2 is 2.10 bits per heavy atom. The molecule has 0 unspecified atom stereocenters. The van der Waals surface area contributed by atoms with Crippen LogP contribution < -0.4 is 4.87 Å². The van der Waals surface area contributed by atoms with E-state index in [1.807, 2.05) is 0 Å². The lowest BCUT2D eigenvalue weighted by molar-refractivity contribution is -0.141. The molecular formula is C14H10FNO3S2. The average molecular weight is 323 g/mol. The van der Waals surface area contributed by atoms with Crippen molar-refractivity contribution in [3.8, 4) is 0 Å². The van der Waals surface area contributed by atoms with Crippen LogP contribution in [0.25, 0.3) is 0 Å². The number of hydrogen-bond donors (Lipinski definition) is 1. The smallest absolute Gasteiger partial charge is 0.311 e. The van der Waals surface area contributed by atoms with Gasteiger partial charge in [0.25, 0.3) is 0 Å². The van der Waals surface area contributed by atoms with Gasteiger partial charge in [0.15, 0.2) is 0 Å². The van der Waals surface area contributed by atoms with Crippen molar-refractivity contribution < 1.29 is 13.9 Å². The lowest BCUT2D eigenvalue weighted by atomic mass is 9.83. The van der Waals surface area contributed by atoms with Gasteiger partial charge >= 0.3 is 10.8 Å². The molecule has 0 aliphatic carbocycles. The third-order valence-electron chi connectivity index (χ3n) is 3.86. The molecule has 7 heteroatoms. The first kappa shape index (κ1) is 13.1. The molecule has 1 saturated heterocycles. The van der Waals surface area contributed by atoms with Crippen molar-refractivity contribution in [2.45, 2.75) is 16.2 Å². The first-order valence-electron chi connectivity index (χ1n) is 6.46. The third-order valence-corrected chi connectivity index (χ3v) is 6.24. The molecule has 4 rings (SSSR count). The highest BCUT2D eigenvalue weighted by atomic mass is 32.2. The van der Waals surface area contributed by atoms with E-state index in [2.05, 4.69) is 4.98 Å². The Bertz CT molecular complexity index is 785. The van der Waals surface area contributed by atoms with Crippen LogP contribution in [0, 0.1) is 11.7 Å². The van der Waals surface area contributed by atoms with Crippen molar-refractivity contribution in [2.75, 3.05) is 6.61 Å². The summed E-state index contributed by atoms with van der Waals surface area (Å²) in [5.74, 6) is -1.57. The van der Waals surface area contributed by atoms with Crippen LogP contribution in [-0.2, 0) is 9.53 Å². The molecule has 2 aliphatic rings. The Kier molecular flexibility index (Phi) is 2.93. The minimum absolute atomic E-state index is 0.0835. The number of aromatic amines is 1. The summed E-state index contributed by atoms with van der Waals surface area (Å²) in [7, 11) is 0. The van der Waals surface area contributed by atoms with E-state index >= 15 is 0 Å². The molecule has 0 amide bonds. The number of ether oxygens (including phenoxy) is 1. The normalized spacial score (nSPS) is 27.1. The molecule has 1 aromatic carbocycles. The summed E-state index contributed by atoms with van der Waals surface area (Å²) >= 11 is 2.49. The Morgan fingerprint density at radius 3 is 2.90 bits per heavy atom. The standard InChI is InChI=1S/C14H10FNO3S2/c15-7-4-2-1-3-6(7)9-10-8(5-19-13(10)17)20-12-11(9)21-14(18)16-12/h1-4,8-10H,5H2,(H,16,18)/t8-,9+,10+/m0/s1. The molecule has 2 aromatic rings. The number of H-pyrrole nitrogens is 1. The molecule has 21 heavy (non-hydrogen) atoms. The van der Waals surface area contributed by atoms with Gasteiger partial charge in [0.05, 0.1) is 16.2 Å². The maximum atomic E-state index is 14.2. The van der Waals surface area contributed by atoms with Crippen molar-refractivity contribution in [1.82, 2.24) is 4.98 Å². The molecule has 108 valence electrons. The number of halogens is 1. The van der Waals surface area contributed by atoms with Crippen LogP contribution >= 0.6 is 23.1 Å². The highest BCUT2D eigenvalue weighted by Gasteiger charge is 2.49. The van der Waals surface area contributed by atoms with Gasteiger partial charge < -0.3 is 9.72 Å². The van der Waals surface area contributed by atoms with Crippen molar-refractivity contribution in [1.29, 1.82) is 0 Å². The van der Waals surface area contributed by atoms with E-state index in [0.717, 1.165) is 21.2 Å². The van der Waals surface area contributed by atoms with Crippen LogP contribution in [0.4, 0.5) is 4.39 Å². The molecule has 0 bridgehead atoms. The van der Waals surface area contributed by atoms with Gasteiger partial charge in [0, 0.05) is 10.8 Å². The van der Waals surface area contributed by atoms with Crippen LogP contribution in [0.1, 0.15) is 16.4 Å². The quantitative estimate of drug-likeness (QED) is 0.819. The number of thiazole rings is 1. The van der Waals surface area contributed by atoms with Crippen LogP contribution in [0.15, 0.2) is 34.1 Å². The van der Waals surface area contributed by atoms with Crippen LogP contribution in [-0.4, -0.2) is 22.8 Å². The first-order valence-corrected chi connectivity index (χ1v) is 8.15. The van der Waals surface area contributed by atoms with Crippen molar-refractivity contribution in [3.05, 3.63) is 50.2 Å². The second-order valence-corrected chi connectivity index (χ2v) is 7.28. The number of benzene rings is 1. The minimum atomic E-state index is -0.452. The summed E-state index contributed by atoms with van der Waals surface area (Å²) < 4.78 is 19.4. The lowest BCUT2D eigenvalue weighted by Gasteiger charge is -2.29. The fourth-order valence-electron chi connectivity index (χ4n) is 2.97. The predicted molar refractivity (Wildman–Crippen MR) is 77.3 cm³/mol. The number of cyclic esters (lactones) is 1. The van der Waals surface area contributed by atoms with Gasteiger partial charge in [0.2, 0.25) is 0 Å². The Morgan fingerprint density at radius 1 is 1.29 bits per heavy atom. The number of aromatic nitrogens is 1. The molecule has 3 heterocycles. The highest BCUT2D eigenvalue weighted by Crippen LogP contribution is 2.51. The molecule has 3 atom stereocenters. The minimum Gasteiger partial charge on any atom is -0.464 e. The van der Waals surface area contributed by atoms with Crippen molar-refractivity contribution >= 4 is 29.1 Å². The van der Waals surface area contributed by atoms with Gasteiger partial charge in [-0.3, -0.25) is 9.59 Å². The third kappa shape index (κ3) is 1.95. The summed E-state index contributed by atoms with van der Waals surface area (Å²) in [5.41, 5.74) is 0.447. The van der Waals surface area contributed by atoms with Gasteiger partial charge in [0.1, 0.15) is 12.4 Å². The molecule has 1 aromatic heterocycles. The number of hydrogen-bond acceptors (Lipinski definition) is 5. The lowest BCUT2D eigenvalue weighted by Crippen LogP contribution is -2.30. The maximum absolute atomic E-state index is 14.2. The van der Waals surface area contributed by atoms with E-state index in [4.69, 9.17) is 4.74 Å². The van der Waals surface area contributed by atoms with E-state index in [1.165, 1.54) is 17.8 Å². The fraction of sp³-hybridized carbons (Fsp3) is 0.286. The zero-order valence-corrected chi connectivity index (χ0v) is 12.3. The number of esters is 1. The zero-order valence-electron chi connectivity index (χ0n) is 10.7. The fourth-order valence-corrected chi connectivity index (χ4v) is 5.45. The van der Waals surface area contributed by atoms with E-state index in [1.54, 1.807) is 18.2 Å². The van der Waals surface area contributed by atoms with Gasteiger partial charge in [-0.15, -0.1) is 0 Å². The van der Waals surface area contributed by atoms with E-state index < -0.39 is 11.8 Å². The predicted octanol–water partition coefficient (Wildman–Crippen LogP) is 2.35. The van der Waals surface area contributed by atoms with E-state index in [9.17, 15) is 14.0 Å². The Labute approximate surface area is 127 Å². The second-order valence-electron chi connectivity index (χ2n) is 5.02. The van der Waals surface area contributed by atoms with Crippen molar-refractivity contribution in [3.63, 3.8) is 0 Å². The van der Waals surface area contributed by atoms with Crippen LogP contribution in [0.5, 0.6) is 0 Å². The largest absolute Gasteiger partial charge is 0.464 e. The van der Waals surface area contributed by atoms with Gasteiger partial charge in [-0.05, 0) is 11.6 Å². The zero-order chi connectivity index (χ0) is 14.6. The molecule has 2 aliphatic heterocycles. The molecule has 0 radical (unpaired) electrons. The monoisotopic (exact) mass is 323 g/mol. The number of nitrogens with one attached hydrogen (secondary N) is 1. The molecular weight excluding hydrogens is 313 g/mol. The average Bonchev–Trinajstić information content (AvgIpc) is 3.00. The van der Waals surface area contributed by atoms with Crippen molar-refractivity contribution in [2.24, 2.45) is 5.92 Å². The maximum Gasteiger partial charge on any atom is 0.311 e. The molecule has 1 fully saturated rings. The van der Waals surface area contributed by atoms with Gasteiger partial charge in [-0.25, -0.2) is 4.39 Å². The molecule has 0 saturated carbocycles. The van der Waals surface area contributed by atoms with Crippen LogP contribution in [0.3, 0.4) is 0 Å². The van der Waals surface area contributed by atoms with Crippen LogP contribution in [0.2, 0.25) is 0 Å². The highest BCUT2D eigenvalue weighted by molar-refractivity contribution is 8.00. The van der Waals surface area contributed by atoms with E-state index in [-0.39, 0.29) is 21.9 Å². The van der Waals surface area contributed by atoms with Gasteiger partial charge in [-0.1, -0.05) is 41.3 Å². The number of rotatable bonds is 1. The Hall–Kier alpha value is -1.60. The van der Waals surface area contributed by atoms with E-state index in [0.29, 0.717) is 12.2 Å². The molecule has 1 N–H and O–H groups in total. The number of thioether (sulfide) groups is 1. The summed E-state index contributed by atoms with van der Waals surface area (Å²) in [6, 6.07) is 6.40. The Balaban J connectivity index is 1.94. The number of carbonyl (C=O) groups is 1. The first-order chi connectivity index (χ1) is 10.1. The summed E-state index contributed by atoms with van der Waals surface area (Å²) in [5, 5.41) is 0.651. The summed E-state index contributed by atoms with van der Waals surface area (Å²) in [6.45, 7) is 0.302. The number of fused-ring (bicyclic) bond motifs is 2. The topological polar surface area (TPSA) is 59.2 Å². The summed E-state index contributed by atoms with van der Waals surface area (Å²) in [4.78, 5) is 27.1. The second kappa shape index (κ2) is 4.71. The molecule has 0 spiro atoms. The SMILES string of the molecule is O=C1OC[C@@H]2Sc3[nH]c(=O)sc3[C@H](c3ccccc3F)[C@H]12. The molecule has 4 nitrogen and oxygen atoms in total.